The van der Waals surface area contributed by atoms with E-state index in [0.717, 1.165) is 32.1 Å². The van der Waals surface area contributed by atoms with E-state index in [1.807, 2.05) is 48.7 Å². The number of benzene rings is 3. The predicted octanol–water partition coefficient (Wildman–Crippen LogP) is 7.74. The lowest BCUT2D eigenvalue weighted by Crippen LogP contribution is -2.05. The Morgan fingerprint density at radius 2 is 1.86 bits per heavy atom. The van der Waals surface area contributed by atoms with Gasteiger partial charge in [-0.15, -0.1) is 11.3 Å². The van der Waals surface area contributed by atoms with Crippen LogP contribution in [0, 0.1) is 5.82 Å². The van der Waals surface area contributed by atoms with Crippen LogP contribution in [0.15, 0.2) is 85.1 Å². The first-order valence-corrected chi connectivity index (χ1v) is 12.2. The minimum Gasteiger partial charge on any atom is -0.488 e. The van der Waals surface area contributed by atoms with Gasteiger partial charge in [0.05, 0.1) is 9.90 Å². The molecule has 3 aromatic carbocycles. The molecule has 1 aromatic heterocycles. The van der Waals surface area contributed by atoms with E-state index < -0.39 is 6.10 Å². The third-order valence-electron chi connectivity index (χ3n) is 5.24. The number of thiazole rings is 1. The van der Waals surface area contributed by atoms with Gasteiger partial charge in [-0.05, 0) is 54.0 Å². The Balaban J connectivity index is 1.57. The number of rotatable bonds is 8. The molecule has 1 heterocycles. The molecule has 0 aliphatic rings. The summed E-state index contributed by atoms with van der Waals surface area (Å²) >= 11 is 7.97. The normalized spacial score (nSPS) is 12.3. The standard InChI is InChI=1S/C28H23ClFNO3S/c1-18(34-19(2)32)22-10-13-26(25(29)16-22)33-15-14-24(20-8-11-23(30)12-9-20)27-17-31-28(35-27)21-6-4-3-5-7-21/h3-14,16-18H,15H2,1-2H3. The number of nitrogens with zero attached hydrogens (tertiary/aromatic N) is 1. The third kappa shape index (κ3) is 6.35. The fraction of sp³-hybridized carbons (Fsp3) is 0.143. The molecule has 0 aliphatic heterocycles. The lowest BCUT2D eigenvalue weighted by molar-refractivity contribution is -0.145. The monoisotopic (exact) mass is 507 g/mol. The number of ether oxygens (including phenoxy) is 2. The zero-order valence-corrected chi connectivity index (χ0v) is 20.8. The molecule has 178 valence electrons. The minimum absolute atomic E-state index is 0.240. The number of hydrogen-bond donors (Lipinski definition) is 0. The fourth-order valence-electron chi connectivity index (χ4n) is 3.52. The number of esters is 1. The second-order valence-corrected chi connectivity index (χ2v) is 9.21. The molecule has 7 heteroatoms. The van der Waals surface area contributed by atoms with Crippen LogP contribution in [0.3, 0.4) is 0 Å². The molecule has 0 amide bonds. The van der Waals surface area contributed by atoms with Gasteiger partial charge in [0.1, 0.15) is 29.3 Å². The maximum atomic E-state index is 13.6. The van der Waals surface area contributed by atoms with E-state index in [-0.39, 0.29) is 18.4 Å². The Labute approximate surface area is 212 Å². The van der Waals surface area contributed by atoms with Crippen LogP contribution in [0.25, 0.3) is 16.1 Å². The van der Waals surface area contributed by atoms with E-state index in [1.54, 1.807) is 42.5 Å². The van der Waals surface area contributed by atoms with Crippen molar-refractivity contribution < 1.29 is 18.7 Å². The minimum atomic E-state index is -0.408. The van der Waals surface area contributed by atoms with Crippen LogP contribution < -0.4 is 4.74 Å². The smallest absolute Gasteiger partial charge is 0.303 e. The Morgan fingerprint density at radius 1 is 1.11 bits per heavy atom. The van der Waals surface area contributed by atoms with Crippen molar-refractivity contribution >= 4 is 34.5 Å². The lowest BCUT2D eigenvalue weighted by Gasteiger charge is -2.14. The van der Waals surface area contributed by atoms with Crippen molar-refractivity contribution in [3.8, 4) is 16.3 Å². The maximum absolute atomic E-state index is 13.6. The lowest BCUT2D eigenvalue weighted by atomic mass is 10.0. The van der Waals surface area contributed by atoms with Gasteiger partial charge in [0.25, 0.3) is 0 Å². The summed E-state index contributed by atoms with van der Waals surface area (Å²) in [4.78, 5) is 16.7. The van der Waals surface area contributed by atoms with Crippen molar-refractivity contribution in [3.63, 3.8) is 0 Å². The fourth-order valence-corrected chi connectivity index (χ4v) is 4.75. The van der Waals surface area contributed by atoms with Gasteiger partial charge in [0, 0.05) is 18.7 Å². The van der Waals surface area contributed by atoms with Crippen molar-refractivity contribution in [1.82, 2.24) is 4.98 Å². The molecular formula is C28H23ClFNO3S. The van der Waals surface area contributed by atoms with Crippen molar-refractivity contribution in [3.05, 3.63) is 112 Å². The number of halogens is 2. The molecule has 0 spiro atoms. The summed E-state index contributed by atoms with van der Waals surface area (Å²) in [5, 5.41) is 1.32. The van der Waals surface area contributed by atoms with Crippen molar-refractivity contribution in [2.75, 3.05) is 6.61 Å². The maximum Gasteiger partial charge on any atom is 0.303 e. The van der Waals surface area contributed by atoms with E-state index in [2.05, 4.69) is 4.98 Å². The summed E-state index contributed by atoms with van der Waals surface area (Å²) < 4.78 is 24.7. The highest BCUT2D eigenvalue weighted by Crippen LogP contribution is 2.33. The van der Waals surface area contributed by atoms with Gasteiger partial charge in [-0.1, -0.05) is 60.1 Å². The van der Waals surface area contributed by atoms with Gasteiger partial charge < -0.3 is 9.47 Å². The molecule has 0 bridgehead atoms. The molecule has 0 fully saturated rings. The van der Waals surface area contributed by atoms with E-state index in [0.29, 0.717) is 10.8 Å². The average Bonchev–Trinajstić information content (AvgIpc) is 3.33. The number of aromatic nitrogens is 1. The van der Waals surface area contributed by atoms with Gasteiger partial charge in [0.2, 0.25) is 0 Å². The second kappa shape index (κ2) is 11.3. The van der Waals surface area contributed by atoms with E-state index in [4.69, 9.17) is 21.1 Å². The van der Waals surface area contributed by atoms with Crippen LogP contribution in [0.2, 0.25) is 5.02 Å². The highest BCUT2D eigenvalue weighted by Gasteiger charge is 2.13. The summed E-state index contributed by atoms with van der Waals surface area (Å²) in [6.07, 6.45) is 3.34. The molecule has 0 radical (unpaired) electrons. The van der Waals surface area contributed by atoms with Crippen LogP contribution >= 0.6 is 22.9 Å². The van der Waals surface area contributed by atoms with E-state index in [1.165, 1.54) is 19.1 Å². The quantitative estimate of drug-likeness (QED) is 0.229. The van der Waals surface area contributed by atoms with Gasteiger partial charge >= 0.3 is 5.97 Å². The van der Waals surface area contributed by atoms with E-state index >= 15 is 0 Å². The molecule has 1 unspecified atom stereocenters. The molecule has 0 saturated carbocycles. The van der Waals surface area contributed by atoms with Crippen molar-refractivity contribution in [2.45, 2.75) is 20.0 Å². The summed E-state index contributed by atoms with van der Waals surface area (Å²) in [6, 6.07) is 21.6. The van der Waals surface area contributed by atoms with Crippen LogP contribution in [0.1, 0.15) is 36.0 Å². The number of carbonyl (C=O) groups excluding carboxylic acids is 1. The first kappa shape index (κ1) is 24.6. The summed E-state index contributed by atoms with van der Waals surface area (Å²) in [7, 11) is 0. The van der Waals surface area contributed by atoms with Crippen molar-refractivity contribution in [2.24, 2.45) is 0 Å². The van der Waals surface area contributed by atoms with Crippen LogP contribution in [-0.2, 0) is 9.53 Å². The Kier molecular flexibility index (Phi) is 7.95. The second-order valence-electron chi connectivity index (χ2n) is 7.77. The van der Waals surface area contributed by atoms with Gasteiger partial charge in [-0.3, -0.25) is 4.79 Å². The summed E-state index contributed by atoms with van der Waals surface area (Å²) in [5.74, 6) is -0.145. The predicted molar refractivity (Wildman–Crippen MR) is 138 cm³/mol. The first-order chi connectivity index (χ1) is 16.9. The highest BCUT2D eigenvalue weighted by molar-refractivity contribution is 7.16. The van der Waals surface area contributed by atoms with Gasteiger partial charge in [0.15, 0.2) is 0 Å². The molecule has 4 aromatic rings. The zero-order chi connectivity index (χ0) is 24.8. The molecule has 35 heavy (non-hydrogen) atoms. The Bertz CT molecular complexity index is 1340. The Hall–Kier alpha value is -3.48. The largest absolute Gasteiger partial charge is 0.488 e. The SMILES string of the molecule is CC(=O)OC(C)c1ccc(OCC=C(c2ccc(F)cc2)c2cnc(-c3ccccc3)s2)c(Cl)c1. The van der Waals surface area contributed by atoms with E-state index in [9.17, 15) is 9.18 Å². The Morgan fingerprint density at radius 3 is 2.54 bits per heavy atom. The molecule has 0 saturated heterocycles. The number of hydrogen-bond acceptors (Lipinski definition) is 5. The summed E-state index contributed by atoms with van der Waals surface area (Å²) in [6.45, 7) is 3.39. The highest BCUT2D eigenvalue weighted by atomic mass is 35.5. The van der Waals surface area contributed by atoms with Crippen LogP contribution in [0.4, 0.5) is 4.39 Å². The zero-order valence-electron chi connectivity index (χ0n) is 19.2. The molecule has 1 atom stereocenters. The van der Waals surface area contributed by atoms with Crippen LogP contribution in [0.5, 0.6) is 5.75 Å². The number of carbonyl (C=O) groups is 1. The van der Waals surface area contributed by atoms with Gasteiger partial charge in [-0.25, -0.2) is 9.37 Å². The van der Waals surface area contributed by atoms with Crippen molar-refractivity contribution in [1.29, 1.82) is 0 Å². The van der Waals surface area contributed by atoms with Gasteiger partial charge in [-0.2, -0.15) is 0 Å². The third-order valence-corrected chi connectivity index (χ3v) is 6.62. The van der Waals surface area contributed by atoms with Crippen LogP contribution in [-0.4, -0.2) is 17.6 Å². The average molecular weight is 508 g/mol. The molecule has 0 N–H and O–H groups in total. The first-order valence-electron chi connectivity index (χ1n) is 11.0. The molecule has 4 nitrogen and oxygen atoms in total. The topological polar surface area (TPSA) is 48.4 Å². The summed E-state index contributed by atoms with van der Waals surface area (Å²) in [5.41, 5.74) is 3.56. The molecular weight excluding hydrogens is 485 g/mol. The molecule has 0 aliphatic carbocycles. The molecule has 4 rings (SSSR count).